The molecule has 0 saturated carbocycles. The fourth-order valence-corrected chi connectivity index (χ4v) is 7.73. The molecule has 0 aromatic carbocycles. The van der Waals surface area contributed by atoms with Crippen LogP contribution in [0.5, 0.6) is 0 Å². The van der Waals surface area contributed by atoms with E-state index in [9.17, 15) is 43.2 Å². The van der Waals surface area contributed by atoms with Gasteiger partial charge in [0.15, 0.2) is 17.9 Å². The average Bonchev–Trinajstić information content (AvgIpc) is 3.38. The first-order chi connectivity index (χ1) is 37.3. The van der Waals surface area contributed by atoms with E-state index in [-0.39, 0.29) is 128 Å². The summed E-state index contributed by atoms with van der Waals surface area (Å²) in [6, 6.07) is -7.90. The maximum Gasteiger partial charge on any atom is 0.246 e. The van der Waals surface area contributed by atoms with E-state index in [0.717, 1.165) is 38.5 Å². The number of nitrogens with two attached hydrogens (primary N) is 8. The second-order valence-electron chi connectivity index (χ2n) is 18.7. The van der Waals surface area contributed by atoms with Gasteiger partial charge >= 0.3 is 0 Å². The standard InChI is InChI=1S/C48H91N19O11/c1-2-3-4-5-6-7-8-18-37(68)61-29-36-45(76)65-34(17-13-24-60-48(55)56)42(73)63-32(15-11-22-58-46(51)52)41(72)64-33(16-12-23-59-47(53)54)43(74)66-35(44(75)67-36)19-20-38(69)57-25-26-77-27-28-78-30-39(70)62-31(40(50)71)14-9-10-21-49/h31-36H,2-30,49H2,1H3,(H2,50,71)(H,57,69)(H,61,68)(H,62,70)(H,63,73)(H,64,72)(H,65,76)(H,66,74)(H,67,75)(H4,51,52,58)(H4,53,54,59)(H4,55,56,60)/t31?,32-,33-,34-,35-,36-/m0/s1. The molecule has 24 N–H and O–H groups in total. The van der Waals surface area contributed by atoms with Gasteiger partial charge in [-0.05, 0) is 77.2 Å². The summed E-state index contributed by atoms with van der Waals surface area (Å²) < 4.78 is 10.8. The molecule has 1 fully saturated rings. The lowest BCUT2D eigenvalue weighted by atomic mass is 10.0. The molecule has 1 saturated heterocycles. The number of amides is 9. The minimum atomic E-state index is -1.53. The van der Waals surface area contributed by atoms with Gasteiger partial charge in [0.2, 0.25) is 53.2 Å². The van der Waals surface area contributed by atoms with Crippen molar-refractivity contribution in [1.29, 1.82) is 0 Å². The van der Waals surface area contributed by atoms with Crippen LogP contribution in [0.4, 0.5) is 0 Å². The Morgan fingerprint density at radius 3 is 1.41 bits per heavy atom. The van der Waals surface area contributed by atoms with Gasteiger partial charge < -0.3 is 97.9 Å². The van der Waals surface area contributed by atoms with Crippen molar-refractivity contribution in [1.82, 2.24) is 42.5 Å². The molecule has 30 nitrogen and oxygen atoms in total. The molecule has 0 bridgehead atoms. The molecule has 6 atom stereocenters. The second-order valence-corrected chi connectivity index (χ2v) is 18.7. The number of carbonyl (C=O) groups excluding carboxylic acids is 9. The van der Waals surface area contributed by atoms with Gasteiger partial charge in [-0.2, -0.15) is 0 Å². The molecule has 9 amide bonds. The number of primary amides is 1. The van der Waals surface area contributed by atoms with E-state index in [0.29, 0.717) is 32.2 Å². The lowest BCUT2D eigenvalue weighted by Crippen LogP contribution is -2.60. The molecule has 0 aromatic heterocycles. The van der Waals surface area contributed by atoms with Crippen LogP contribution in [0, 0.1) is 0 Å². The summed E-state index contributed by atoms with van der Waals surface area (Å²) in [6.07, 6.45) is 8.18. The Labute approximate surface area is 456 Å². The zero-order valence-corrected chi connectivity index (χ0v) is 45.4. The van der Waals surface area contributed by atoms with Crippen molar-refractivity contribution in [2.75, 3.05) is 65.7 Å². The maximum atomic E-state index is 14.4. The van der Waals surface area contributed by atoms with Crippen LogP contribution >= 0.6 is 0 Å². The van der Waals surface area contributed by atoms with Crippen molar-refractivity contribution in [3.63, 3.8) is 0 Å². The highest BCUT2D eigenvalue weighted by Crippen LogP contribution is 2.11. The normalized spacial score (nSPS) is 18.4. The van der Waals surface area contributed by atoms with Crippen LogP contribution in [0.15, 0.2) is 15.0 Å². The largest absolute Gasteiger partial charge is 0.377 e. The van der Waals surface area contributed by atoms with Crippen LogP contribution in [0.3, 0.4) is 0 Å². The van der Waals surface area contributed by atoms with Crippen LogP contribution in [-0.4, -0.2) is 173 Å². The molecule has 1 heterocycles. The number of nitrogens with one attached hydrogen (secondary N) is 8. The molecular weight excluding hydrogens is 1020 g/mol. The molecule has 0 spiro atoms. The summed E-state index contributed by atoms with van der Waals surface area (Å²) in [6.45, 7) is 2.07. The number of hydrogen-bond acceptors (Lipinski definition) is 15. The number of unbranched alkanes of at least 4 members (excludes halogenated alkanes) is 7. The molecule has 444 valence electrons. The average molecular weight is 1110 g/mol. The number of carbonyl (C=O) groups is 9. The summed E-state index contributed by atoms with van der Waals surface area (Å²) >= 11 is 0. The number of rotatable bonds is 39. The molecule has 1 aliphatic heterocycles. The first kappa shape index (κ1) is 68.9. The van der Waals surface area contributed by atoms with Gasteiger partial charge in [-0.1, -0.05) is 45.4 Å². The van der Waals surface area contributed by atoms with Gasteiger partial charge in [0.05, 0.1) is 19.8 Å². The number of nitrogens with zero attached hydrogens (tertiary/aromatic N) is 3. The van der Waals surface area contributed by atoms with Crippen molar-refractivity contribution in [3.8, 4) is 0 Å². The van der Waals surface area contributed by atoms with Crippen molar-refractivity contribution < 1.29 is 52.6 Å². The summed E-state index contributed by atoms with van der Waals surface area (Å²) in [7, 11) is 0. The van der Waals surface area contributed by atoms with Crippen LogP contribution in [0.25, 0.3) is 0 Å². The highest BCUT2D eigenvalue weighted by atomic mass is 16.5. The summed E-state index contributed by atoms with van der Waals surface area (Å²) in [5.74, 6) is -7.08. The number of hydrogen-bond donors (Lipinski definition) is 16. The van der Waals surface area contributed by atoms with Crippen molar-refractivity contribution in [2.24, 2.45) is 60.8 Å². The minimum Gasteiger partial charge on any atom is -0.377 e. The Morgan fingerprint density at radius 2 is 0.936 bits per heavy atom. The second kappa shape index (κ2) is 42.0. The van der Waals surface area contributed by atoms with Crippen molar-refractivity contribution in [2.45, 2.75) is 165 Å². The lowest BCUT2D eigenvalue weighted by Gasteiger charge is -2.26. The summed E-state index contributed by atoms with van der Waals surface area (Å²) in [4.78, 5) is 133. The monoisotopic (exact) mass is 1110 g/mol. The van der Waals surface area contributed by atoms with E-state index in [2.05, 4.69) is 64.4 Å². The quantitative estimate of drug-likeness (QED) is 0.0155. The van der Waals surface area contributed by atoms with E-state index < -0.39 is 96.0 Å². The fraction of sp³-hybridized carbons (Fsp3) is 0.750. The third-order valence-corrected chi connectivity index (χ3v) is 12.0. The van der Waals surface area contributed by atoms with Crippen LogP contribution < -0.4 is 88.4 Å². The highest BCUT2D eigenvalue weighted by molar-refractivity contribution is 5.98. The van der Waals surface area contributed by atoms with Gasteiger partial charge in [0.25, 0.3) is 0 Å². The first-order valence-electron chi connectivity index (χ1n) is 26.9. The molecule has 0 radical (unpaired) electrons. The molecule has 0 aromatic rings. The topological polar surface area (TPSA) is 514 Å². The van der Waals surface area contributed by atoms with Gasteiger partial charge in [0.1, 0.15) is 42.9 Å². The molecule has 0 aliphatic carbocycles. The van der Waals surface area contributed by atoms with Gasteiger partial charge in [-0.15, -0.1) is 0 Å². The molecule has 78 heavy (non-hydrogen) atoms. The number of ether oxygens (including phenoxy) is 2. The molecule has 30 heteroatoms. The lowest BCUT2D eigenvalue weighted by molar-refractivity contribution is -0.134. The van der Waals surface area contributed by atoms with Crippen LogP contribution in [-0.2, 0) is 52.6 Å². The Balaban J connectivity index is 3.45. The van der Waals surface area contributed by atoms with E-state index in [1.54, 1.807) is 0 Å². The first-order valence-corrected chi connectivity index (χ1v) is 26.9. The third-order valence-electron chi connectivity index (χ3n) is 12.0. The van der Waals surface area contributed by atoms with Gasteiger partial charge in [-0.25, -0.2) is 0 Å². The molecule has 1 unspecified atom stereocenters. The number of guanidine groups is 3. The van der Waals surface area contributed by atoms with Gasteiger partial charge in [-0.3, -0.25) is 58.1 Å². The van der Waals surface area contributed by atoms with Crippen LogP contribution in [0.2, 0.25) is 0 Å². The van der Waals surface area contributed by atoms with Crippen molar-refractivity contribution in [3.05, 3.63) is 0 Å². The predicted octanol–water partition coefficient (Wildman–Crippen LogP) is -5.13. The maximum absolute atomic E-state index is 14.4. The van der Waals surface area contributed by atoms with E-state index in [1.807, 2.05) is 0 Å². The molecule has 1 aliphatic rings. The van der Waals surface area contributed by atoms with Crippen LogP contribution in [0.1, 0.15) is 129 Å². The minimum absolute atomic E-state index is 0.0108. The number of aliphatic imine (C=N–C) groups is 3. The Morgan fingerprint density at radius 1 is 0.500 bits per heavy atom. The summed E-state index contributed by atoms with van der Waals surface area (Å²) in [5.41, 5.74) is 44.0. The Hall–Kier alpha value is -7.08. The van der Waals surface area contributed by atoms with Crippen molar-refractivity contribution >= 4 is 71.0 Å². The van der Waals surface area contributed by atoms with E-state index in [4.69, 9.17) is 55.3 Å². The molecular formula is C48H91N19O11. The third kappa shape index (κ3) is 33.8. The van der Waals surface area contributed by atoms with Gasteiger partial charge in [0, 0.05) is 45.6 Å². The highest BCUT2D eigenvalue weighted by Gasteiger charge is 2.35. The Bertz CT molecular complexity index is 1950. The summed E-state index contributed by atoms with van der Waals surface area (Å²) in [5, 5.41) is 21.1. The van der Waals surface area contributed by atoms with E-state index in [1.165, 1.54) is 0 Å². The van der Waals surface area contributed by atoms with E-state index >= 15 is 0 Å². The Kier molecular flexibility index (Phi) is 37.1. The SMILES string of the molecule is CCCCCCCCCC(=O)NC[C@@H]1NC(=O)[C@H](CCC(=O)NCCOCCOCC(=O)NC(CCCCN)C(N)=O)NC(=O)[C@H](CCCN=C(N)N)NC(=O)[C@H](CCCN=C(N)N)NC(=O)[C@H](CCCN=C(N)N)NC1=O. The zero-order chi connectivity index (χ0) is 58.1. The smallest absolute Gasteiger partial charge is 0.246 e. The zero-order valence-electron chi connectivity index (χ0n) is 45.4. The fourth-order valence-electron chi connectivity index (χ4n) is 7.73. The predicted molar refractivity (Wildman–Crippen MR) is 293 cm³/mol. The molecule has 1 rings (SSSR count).